The van der Waals surface area contributed by atoms with E-state index in [1.807, 2.05) is 19.9 Å². The Morgan fingerprint density at radius 3 is 2.24 bits per heavy atom. The molecule has 0 N–H and O–H groups in total. The molecule has 2 saturated carbocycles. The summed E-state index contributed by atoms with van der Waals surface area (Å²) in [5, 5.41) is 0. The zero-order valence-electron chi connectivity index (χ0n) is 14.9. The lowest BCUT2D eigenvalue weighted by Gasteiger charge is -2.27. The summed E-state index contributed by atoms with van der Waals surface area (Å²) < 4.78 is 10.2. The van der Waals surface area contributed by atoms with E-state index in [9.17, 15) is 14.4 Å². The van der Waals surface area contributed by atoms with Gasteiger partial charge in [-0.25, -0.2) is 0 Å². The first-order chi connectivity index (χ1) is 11.9. The molecule has 0 aromatic heterocycles. The second kappa shape index (κ2) is 6.98. The number of carbonyl (C=O) groups is 3. The van der Waals surface area contributed by atoms with Crippen LogP contribution in [0.3, 0.4) is 0 Å². The highest BCUT2D eigenvalue weighted by Crippen LogP contribution is 2.53. The number of hydrogen-bond donors (Lipinski definition) is 0. The topological polar surface area (TPSA) is 69.7 Å². The maximum atomic E-state index is 12.5. The molecule has 0 radical (unpaired) electrons. The first-order valence-electron chi connectivity index (χ1n) is 8.77. The van der Waals surface area contributed by atoms with Crippen LogP contribution in [0.25, 0.3) is 0 Å². The predicted octanol–water partition coefficient (Wildman–Crippen LogP) is 2.86. The van der Waals surface area contributed by atoms with Crippen molar-refractivity contribution < 1.29 is 23.9 Å². The number of esters is 2. The molecule has 2 fully saturated rings. The standard InChI is InChI=1S/C20H24O5/c1-11-4-5-13(8-12(11)2)16(21)10-25-20(23)18-15-7-6-14(9-15)17(18)19(22)24-3/h4-5,8,14-15,17-18H,6-7,9-10H2,1-3H3. The minimum Gasteiger partial charge on any atom is -0.469 e. The van der Waals surface area contributed by atoms with E-state index in [1.54, 1.807) is 12.1 Å². The Labute approximate surface area is 147 Å². The molecule has 4 unspecified atom stereocenters. The van der Waals surface area contributed by atoms with Crippen LogP contribution < -0.4 is 0 Å². The third-order valence-electron chi connectivity index (χ3n) is 5.84. The van der Waals surface area contributed by atoms with E-state index < -0.39 is 17.8 Å². The molecular weight excluding hydrogens is 320 g/mol. The molecule has 3 rings (SSSR count). The van der Waals surface area contributed by atoms with Gasteiger partial charge in [-0.3, -0.25) is 14.4 Å². The zero-order chi connectivity index (χ0) is 18.1. The highest BCUT2D eigenvalue weighted by Gasteiger charge is 2.55. The molecule has 2 bridgehead atoms. The van der Waals surface area contributed by atoms with Crippen molar-refractivity contribution in [1.82, 2.24) is 0 Å². The average molecular weight is 344 g/mol. The maximum Gasteiger partial charge on any atom is 0.310 e. The van der Waals surface area contributed by atoms with Crippen molar-refractivity contribution >= 4 is 17.7 Å². The van der Waals surface area contributed by atoms with Crippen molar-refractivity contribution in [2.24, 2.45) is 23.7 Å². The van der Waals surface area contributed by atoms with Crippen LogP contribution in [0.4, 0.5) is 0 Å². The molecule has 5 nitrogen and oxygen atoms in total. The first-order valence-corrected chi connectivity index (χ1v) is 8.77. The van der Waals surface area contributed by atoms with Gasteiger partial charge >= 0.3 is 11.9 Å². The molecule has 2 aliphatic rings. The highest BCUT2D eigenvalue weighted by atomic mass is 16.5. The van der Waals surface area contributed by atoms with Gasteiger partial charge in [0.2, 0.25) is 0 Å². The number of aryl methyl sites for hydroxylation is 2. The normalized spacial score (nSPS) is 27.2. The molecule has 1 aromatic rings. The van der Waals surface area contributed by atoms with Gasteiger partial charge < -0.3 is 9.47 Å². The summed E-state index contributed by atoms with van der Waals surface area (Å²) in [6.45, 7) is 3.63. The van der Waals surface area contributed by atoms with Crippen molar-refractivity contribution in [3.8, 4) is 0 Å². The van der Waals surface area contributed by atoms with Gasteiger partial charge in [-0.15, -0.1) is 0 Å². The number of Topliss-reactive ketones (excluding diaryl/α,β-unsaturated/α-hetero) is 1. The van der Waals surface area contributed by atoms with Crippen LogP contribution in [0, 0.1) is 37.5 Å². The Hall–Kier alpha value is -2.17. The van der Waals surface area contributed by atoms with Crippen LogP contribution >= 0.6 is 0 Å². The van der Waals surface area contributed by atoms with Crippen LogP contribution in [0.2, 0.25) is 0 Å². The molecule has 0 amide bonds. The number of carbonyl (C=O) groups excluding carboxylic acids is 3. The monoisotopic (exact) mass is 344 g/mol. The van der Waals surface area contributed by atoms with Crippen molar-refractivity contribution in [3.63, 3.8) is 0 Å². The fraction of sp³-hybridized carbons (Fsp3) is 0.550. The summed E-state index contributed by atoms with van der Waals surface area (Å²) in [5.41, 5.74) is 2.67. The molecule has 5 heteroatoms. The molecule has 4 atom stereocenters. The van der Waals surface area contributed by atoms with Crippen molar-refractivity contribution in [2.75, 3.05) is 13.7 Å². The van der Waals surface area contributed by atoms with Crippen molar-refractivity contribution in [2.45, 2.75) is 33.1 Å². The molecule has 134 valence electrons. The van der Waals surface area contributed by atoms with E-state index in [4.69, 9.17) is 9.47 Å². The molecular formula is C20H24O5. The Bertz CT molecular complexity index is 708. The summed E-state index contributed by atoms with van der Waals surface area (Å²) in [4.78, 5) is 36.9. The SMILES string of the molecule is COC(=O)C1C2CCC(C2)C1C(=O)OCC(=O)c1ccc(C)c(C)c1. The third kappa shape index (κ3) is 3.32. The van der Waals surface area contributed by atoms with E-state index >= 15 is 0 Å². The number of rotatable bonds is 5. The fourth-order valence-corrected chi connectivity index (χ4v) is 4.34. The van der Waals surface area contributed by atoms with Gasteiger partial charge in [0.1, 0.15) is 0 Å². The lowest BCUT2D eigenvalue weighted by atomic mass is 9.79. The molecule has 0 aliphatic heterocycles. The van der Waals surface area contributed by atoms with E-state index in [-0.39, 0.29) is 30.2 Å². The van der Waals surface area contributed by atoms with Gasteiger partial charge in [-0.1, -0.05) is 12.1 Å². The van der Waals surface area contributed by atoms with Gasteiger partial charge in [-0.2, -0.15) is 0 Å². The predicted molar refractivity (Wildman–Crippen MR) is 91.0 cm³/mol. The van der Waals surface area contributed by atoms with Crippen LogP contribution in [0.15, 0.2) is 18.2 Å². The van der Waals surface area contributed by atoms with Crippen molar-refractivity contribution in [1.29, 1.82) is 0 Å². The molecule has 0 spiro atoms. The van der Waals surface area contributed by atoms with Gasteiger partial charge in [0.05, 0.1) is 18.9 Å². The van der Waals surface area contributed by atoms with Gasteiger partial charge in [-0.05, 0) is 62.1 Å². The summed E-state index contributed by atoms with van der Waals surface area (Å²) in [5.74, 6) is -1.54. The number of ketones is 1. The number of benzene rings is 1. The van der Waals surface area contributed by atoms with Gasteiger partial charge in [0.25, 0.3) is 0 Å². The summed E-state index contributed by atoms with van der Waals surface area (Å²) >= 11 is 0. The Balaban J connectivity index is 1.64. The molecule has 0 heterocycles. The molecule has 2 aliphatic carbocycles. The largest absolute Gasteiger partial charge is 0.469 e. The first kappa shape index (κ1) is 17.6. The second-order valence-electron chi connectivity index (χ2n) is 7.24. The van der Waals surface area contributed by atoms with E-state index in [1.165, 1.54) is 7.11 Å². The van der Waals surface area contributed by atoms with E-state index in [2.05, 4.69) is 0 Å². The number of methoxy groups -OCH3 is 1. The lowest BCUT2D eigenvalue weighted by molar-refractivity contribution is -0.161. The van der Waals surface area contributed by atoms with Crippen LogP contribution in [0.1, 0.15) is 40.7 Å². The minimum absolute atomic E-state index is 0.165. The highest BCUT2D eigenvalue weighted by molar-refractivity contribution is 5.98. The molecule has 0 saturated heterocycles. The van der Waals surface area contributed by atoms with Gasteiger partial charge in [0, 0.05) is 5.56 Å². The third-order valence-corrected chi connectivity index (χ3v) is 5.84. The maximum absolute atomic E-state index is 12.5. The Kier molecular flexibility index (Phi) is 4.93. The molecule has 25 heavy (non-hydrogen) atoms. The number of ether oxygens (including phenoxy) is 2. The van der Waals surface area contributed by atoms with Crippen molar-refractivity contribution in [3.05, 3.63) is 34.9 Å². The number of hydrogen-bond acceptors (Lipinski definition) is 5. The zero-order valence-corrected chi connectivity index (χ0v) is 14.9. The fourth-order valence-electron chi connectivity index (χ4n) is 4.34. The van der Waals surface area contributed by atoms with E-state index in [0.29, 0.717) is 5.56 Å². The lowest BCUT2D eigenvalue weighted by Crippen LogP contribution is -2.37. The van der Waals surface area contributed by atoms with Crippen LogP contribution in [0.5, 0.6) is 0 Å². The summed E-state index contributed by atoms with van der Waals surface area (Å²) in [7, 11) is 1.35. The molecule has 1 aromatic carbocycles. The summed E-state index contributed by atoms with van der Waals surface area (Å²) in [6.07, 6.45) is 2.75. The Morgan fingerprint density at radius 1 is 1.00 bits per heavy atom. The Morgan fingerprint density at radius 2 is 1.64 bits per heavy atom. The summed E-state index contributed by atoms with van der Waals surface area (Å²) in [6, 6.07) is 5.43. The van der Waals surface area contributed by atoms with Crippen LogP contribution in [-0.4, -0.2) is 31.4 Å². The average Bonchev–Trinajstić information content (AvgIpc) is 3.22. The van der Waals surface area contributed by atoms with Crippen LogP contribution in [-0.2, 0) is 19.1 Å². The van der Waals surface area contributed by atoms with Gasteiger partial charge in [0.15, 0.2) is 12.4 Å². The smallest absolute Gasteiger partial charge is 0.310 e. The second-order valence-corrected chi connectivity index (χ2v) is 7.24. The minimum atomic E-state index is -0.473. The number of fused-ring (bicyclic) bond motifs is 2. The van der Waals surface area contributed by atoms with E-state index in [0.717, 1.165) is 30.4 Å². The quantitative estimate of drug-likeness (QED) is 0.607.